The van der Waals surface area contributed by atoms with Gasteiger partial charge in [0.1, 0.15) is 11.6 Å². The minimum atomic E-state index is -2.68. The van der Waals surface area contributed by atoms with Gasteiger partial charge in [-0.15, -0.1) is 0 Å². The van der Waals surface area contributed by atoms with E-state index in [9.17, 15) is 18.0 Å². The highest BCUT2D eigenvalue weighted by Crippen LogP contribution is 2.33. The van der Waals surface area contributed by atoms with Crippen molar-refractivity contribution in [1.29, 1.82) is 0 Å². The lowest BCUT2D eigenvalue weighted by atomic mass is 9.91. The van der Waals surface area contributed by atoms with Crippen molar-refractivity contribution in [1.82, 2.24) is 35.9 Å². The molecule has 2 saturated heterocycles. The lowest BCUT2D eigenvalue weighted by Gasteiger charge is -2.48. The summed E-state index contributed by atoms with van der Waals surface area (Å²) in [6.07, 6.45) is 1.81. The summed E-state index contributed by atoms with van der Waals surface area (Å²) < 4.78 is 47.4. The Labute approximate surface area is 223 Å². The van der Waals surface area contributed by atoms with Crippen LogP contribution >= 0.6 is 0 Å². The van der Waals surface area contributed by atoms with E-state index in [1.54, 1.807) is 30.2 Å². The summed E-state index contributed by atoms with van der Waals surface area (Å²) in [4.78, 5) is 23.8. The zero-order valence-electron chi connectivity index (χ0n) is 21.7. The van der Waals surface area contributed by atoms with Crippen LogP contribution in [0.2, 0.25) is 0 Å². The van der Waals surface area contributed by atoms with E-state index in [0.717, 1.165) is 18.2 Å². The SMILES string of the molecule is COC1(C(=O)N[C@@H](C)c2ccc(-n3cc(F)cn3)nc2)CN(c2cc(C(F)F)cc(NC3CC(C)NN3)n2)C1. The molecule has 4 N–H and O–H groups in total. The van der Waals surface area contributed by atoms with Gasteiger partial charge in [-0.2, -0.15) is 5.10 Å². The molecule has 0 spiro atoms. The summed E-state index contributed by atoms with van der Waals surface area (Å²) >= 11 is 0. The van der Waals surface area contributed by atoms with Crippen LogP contribution in [0.25, 0.3) is 5.82 Å². The number of halogens is 3. The molecule has 2 aliphatic heterocycles. The van der Waals surface area contributed by atoms with E-state index in [4.69, 9.17) is 4.74 Å². The molecule has 0 radical (unpaired) electrons. The first-order valence-electron chi connectivity index (χ1n) is 12.5. The third kappa shape index (κ3) is 5.67. The van der Waals surface area contributed by atoms with Crippen molar-refractivity contribution < 1.29 is 22.7 Å². The van der Waals surface area contributed by atoms with Gasteiger partial charge in [0.05, 0.1) is 37.7 Å². The Bertz CT molecular complexity index is 1310. The third-order valence-electron chi connectivity index (χ3n) is 6.93. The molecule has 1 amide bonds. The number of anilines is 2. The van der Waals surface area contributed by atoms with Crippen LogP contribution in [-0.4, -0.2) is 63.7 Å². The van der Waals surface area contributed by atoms with Gasteiger partial charge in [-0.05, 0) is 44.0 Å². The average Bonchev–Trinajstić information content (AvgIpc) is 3.51. The summed E-state index contributed by atoms with van der Waals surface area (Å²) in [5, 5.41) is 9.96. The summed E-state index contributed by atoms with van der Waals surface area (Å²) in [6, 6.07) is 5.93. The molecule has 0 bridgehead atoms. The predicted octanol–water partition coefficient (Wildman–Crippen LogP) is 2.45. The Kier molecular flexibility index (Phi) is 7.42. The van der Waals surface area contributed by atoms with E-state index in [2.05, 4.69) is 36.6 Å². The number of alkyl halides is 2. The second-order valence-corrected chi connectivity index (χ2v) is 9.87. The standard InChI is InChI=1S/C25H30F3N9O2/c1-14-6-20(35-34-14)32-19-7-17(23(27)28)8-22(33-19)36-12-25(13-36,39-3)24(38)31-15(2)16-4-5-21(29-9-16)37-11-18(26)10-30-37/h4-5,7-11,14-15,20,23,34-35H,6,12-13H2,1-3H3,(H,31,38)(H,32,33)/t14?,15-,20?/m0/s1. The largest absolute Gasteiger partial charge is 0.365 e. The number of hydrazine groups is 1. The van der Waals surface area contributed by atoms with Crippen molar-refractivity contribution in [3.8, 4) is 5.82 Å². The van der Waals surface area contributed by atoms with Crippen LogP contribution < -0.4 is 26.4 Å². The third-order valence-corrected chi connectivity index (χ3v) is 6.93. The Hall–Kier alpha value is -3.75. The zero-order valence-corrected chi connectivity index (χ0v) is 21.7. The van der Waals surface area contributed by atoms with Gasteiger partial charge >= 0.3 is 0 Å². The molecule has 3 aromatic rings. The smallest absolute Gasteiger partial charge is 0.264 e. The van der Waals surface area contributed by atoms with Gasteiger partial charge in [0.2, 0.25) is 0 Å². The van der Waals surface area contributed by atoms with Crippen molar-refractivity contribution >= 4 is 17.5 Å². The number of aromatic nitrogens is 4. The molecular formula is C25H30F3N9O2. The monoisotopic (exact) mass is 545 g/mol. The minimum absolute atomic E-state index is 0.142. The first kappa shape index (κ1) is 26.8. The van der Waals surface area contributed by atoms with Crippen LogP contribution in [0.3, 0.4) is 0 Å². The van der Waals surface area contributed by atoms with Gasteiger partial charge in [0, 0.05) is 24.9 Å². The maximum absolute atomic E-state index is 13.6. The Morgan fingerprint density at radius 2 is 1.97 bits per heavy atom. The van der Waals surface area contributed by atoms with Gasteiger partial charge in [-0.3, -0.25) is 10.2 Å². The summed E-state index contributed by atoms with van der Waals surface area (Å²) in [6.45, 7) is 4.10. The maximum Gasteiger partial charge on any atom is 0.264 e. The molecule has 39 heavy (non-hydrogen) atoms. The number of nitrogens with zero attached hydrogens (tertiary/aromatic N) is 5. The molecule has 2 fully saturated rings. The number of methoxy groups -OCH3 is 1. The Morgan fingerprint density at radius 1 is 1.18 bits per heavy atom. The molecule has 14 heteroatoms. The summed E-state index contributed by atoms with van der Waals surface area (Å²) in [7, 11) is 1.44. The maximum atomic E-state index is 13.6. The van der Waals surface area contributed by atoms with Crippen molar-refractivity contribution in [2.24, 2.45) is 0 Å². The fourth-order valence-electron chi connectivity index (χ4n) is 4.61. The van der Waals surface area contributed by atoms with Crippen molar-refractivity contribution in [3.05, 3.63) is 59.8 Å². The first-order chi connectivity index (χ1) is 18.7. The van der Waals surface area contributed by atoms with Gasteiger partial charge in [-0.1, -0.05) is 6.07 Å². The molecule has 2 unspecified atom stereocenters. The molecule has 0 aromatic carbocycles. The van der Waals surface area contributed by atoms with Gasteiger partial charge in [0.15, 0.2) is 17.2 Å². The predicted molar refractivity (Wildman–Crippen MR) is 137 cm³/mol. The molecule has 3 atom stereocenters. The fraction of sp³-hybridized carbons (Fsp3) is 0.440. The molecule has 0 aliphatic carbocycles. The quantitative estimate of drug-likeness (QED) is 0.321. The number of pyridine rings is 2. The normalized spacial score (nSPS) is 21.1. The molecule has 208 valence electrons. The highest BCUT2D eigenvalue weighted by molar-refractivity contribution is 5.89. The van der Waals surface area contributed by atoms with E-state index >= 15 is 0 Å². The van der Waals surface area contributed by atoms with Crippen LogP contribution in [0, 0.1) is 5.82 Å². The van der Waals surface area contributed by atoms with E-state index in [1.165, 1.54) is 30.1 Å². The Morgan fingerprint density at radius 3 is 2.56 bits per heavy atom. The van der Waals surface area contributed by atoms with Gasteiger partial charge in [0.25, 0.3) is 12.3 Å². The minimum Gasteiger partial charge on any atom is -0.365 e. The van der Waals surface area contributed by atoms with E-state index in [-0.39, 0.29) is 36.8 Å². The summed E-state index contributed by atoms with van der Waals surface area (Å²) in [5.74, 6) is 0.273. The van der Waals surface area contributed by atoms with Crippen molar-refractivity contribution in [2.75, 3.05) is 30.4 Å². The van der Waals surface area contributed by atoms with Gasteiger partial charge in [-0.25, -0.2) is 33.2 Å². The van der Waals surface area contributed by atoms with Crippen LogP contribution in [0.5, 0.6) is 0 Å². The number of rotatable bonds is 9. The number of hydrogen-bond acceptors (Lipinski definition) is 9. The molecule has 5 heterocycles. The van der Waals surface area contributed by atoms with Crippen molar-refractivity contribution in [3.63, 3.8) is 0 Å². The van der Waals surface area contributed by atoms with Gasteiger partial charge < -0.3 is 20.3 Å². The average molecular weight is 546 g/mol. The number of carbonyl (C=O) groups is 1. The number of hydrogen-bond donors (Lipinski definition) is 4. The second-order valence-electron chi connectivity index (χ2n) is 9.87. The number of nitrogens with one attached hydrogen (secondary N) is 4. The molecule has 2 aliphatic rings. The van der Waals surface area contributed by atoms with Crippen LogP contribution in [0.4, 0.5) is 24.8 Å². The lowest BCUT2D eigenvalue weighted by molar-refractivity contribution is -0.147. The van der Waals surface area contributed by atoms with Crippen LogP contribution in [0.1, 0.15) is 43.9 Å². The van der Waals surface area contributed by atoms with Crippen LogP contribution in [0.15, 0.2) is 42.9 Å². The van der Waals surface area contributed by atoms with E-state index in [1.807, 2.05) is 6.92 Å². The number of ether oxygens (including phenoxy) is 1. The first-order valence-corrected chi connectivity index (χ1v) is 12.5. The molecule has 0 saturated carbocycles. The molecular weight excluding hydrogens is 515 g/mol. The van der Waals surface area contributed by atoms with Crippen LogP contribution in [-0.2, 0) is 9.53 Å². The molecule has 3 aromatic heterocycles. The van der Waals surface area contributed by atoms with E-state index < -0.39 is 23.9 Å². The zero-order chi connectivity index (χ0) is 27.7. The highest BCUT2D eigenvalue weighted by Gasteiger charge is 2.51. The Balaban J connectivity index is 1.24. The number of amides is 1. The molecule has 11 nitrogen and oxygen atoms in total. The fourth-order valence-corrected chi connectivity index (χ4v) is 4.61. The summed E-state index contributed by atoms with van der Waals surface area (Å²) in [5.41, 5.74) is 5.53. The van der Waals surface area contributed by atoms with Crippen molar-refractivity contribution in [2.45, 2.75) is 50.5 Å². The second kappa shape index (κ2) is 10.8. The molecule has 5 rings (SSSR count). The number of carbonyl (C=O) groups excluding carboxylic acids is 1. The lowest BCUT2D eigenvalue weighted by Crippen LogP contribution is -2.70. The topological polar surface area (TPSA) is 121 Å². The highest BCUT2D eigenvalue weighted by atomic mass is 19.3. The van der Waals surface area contributed by atoms with E-state index in [0.29, 0.717) is 17.5 Å².